The van der Waals surface area contributed by atoms with Crippen molar-refractivity contribution in [2.24, 2.45) is 0 Å². The molecule has 2 N–H and O–H groups in total. The molecular weight excluding hydrogens is 304 g/mol. The Morgan fingerprint density at radius 1 is 1.00 bits per heavy atom. The fourth-order valence-electron chi connectivity index (χ4n) is 2.71. The van der Waals surface area contributed by atoms with Gasteiger partial charge >= 0.3 is 0 Å². The molecule has 0 aliphatic heterocycles. The number of nitrogens with one attached hydrogen (secondary N) is 2. The standard InChI is InChI=1S/C19H18N2O3/c1-12-10-17(13(2)24-12)19(23)21-20-18(22)11-15-8-5-7-14-6-3-4-9-16(14)15/h3-10H,11H2,1-2H3,(H,20,22)(H,21,23). The maximum absolute atomic E-state index is 12.1. The molecule has 0 spiro atoms. The number of hydrogen-bond donors (Lipinski definition) is 2. The molecule has 0 aliphatic carbocycles. The summed E-state index contributed by atoms with van der Waals surface area (Å²) >= 11 is 0. The average molecular weight is 322 g/mol. The first-order chi connectivity index (χ1) is 11.5. The molecule has 3 aromatic rings. The van der Waals surface area contributed by atoms with Crippen LogP contribution in [0.25, 0.3) is 10.8 Å². The first kappa shape index (κ1) is 15.8. The van der Waals surface area contributed by atoms with E-state index in [2.05, 4.69) is 10.9 Å². The van der Waals surface area contributed by atoms with Crippen molar-refractivity contribution in [1.29, 1.82) is 0 Å². The monoisotopic (exact) mass is 322 g/mol. The van der Waals surface area contributed by atoms with Gasteiger partial charge in [0.05, 0.1) is 12.0 Å². The fourth-order valence-corrected chi connectivity index (χ4v) is 2.71. The summed E-state index contributed by atoms with van der Waals surface area (Å²) in [7, 11) is 0. The van der Waals surface area contributed by atoms with Crippen LogP contribution in [0.15, 0.2) is 52.9 Å². The number of benzene rings is 2. The van der Waals surface area contributed by atoms with Crippen molar-refractivity contribution in [3.8, 4) is 0 Å². The van der Waals surface area contributed by atoms with Gasteiger partial charge in [-0.05, 0) is 36.2 Å². The summed E-state index contributed by atoms with van der Waals surface area (Å²) in [5.41, 5.74) is 6.20. The lowest BCUT2D eigenvalue weighted by atomic mass is 10.0. The van der Waals surface area contributed by atoms with Crippen molar-refractivity contribution in [3.63, 3.8) is 0 Å². The summed E-state index contributed by atoms with van der Waals surface area (Å²) in [6.45, 7) is 3.47. The molecule has 24 heavy (non-hydrogen) atoms. The number of aryl methyl sites for hydroxylation is 2. The Labute approximate surface area is 139 Å². The van der Waals surface area contributed by atoms with E-state index in [0.29, 0.717) is 17.1 Å². The molecule has 0 unspecified atom stereocenters. The van der Waals surface area contributed by atoms with Gasteiger partial charge in [0.1, 0.15) is 11.5 Å². The zero-order valence-corrected chi connectivity index (χ0v) is 13.6. The van der Waals surface area contributed by atoms with Gasteiger partial charge < -0.3 is 4.42 Å². The van der Waals surface area contributed by atoms with Crippen LogP contribution in [0.2, 0.25) is 0 Å². The fraction of sp³-hybridized carbons (Fsp3) is 0.158. The number of fused-ring (bicyclic) bond motifs is 1. The average Bonchev–Trinajstić information content (AvgIpc) is 2.91. The second-order valence-electron chi connectivity index (χ2n) is 5.64. The molecule has 2 amide bonds. The van der Waals surface area contributed by atoms with E-state index in [0.717, 1.165) is 16.3 Å². The summed E-state index contributed by atoms with van der Waals surface area (Å²) in [4.78, 5) is 24.2. The van der Waals surface area contributed by atoms with E-state index < -0.39 is 5.91 Å². The SMILES string of the molecule is Cc1cc(C(=O)NNC(=O)Cc2cccc3ccccc23)c(C)o1. The summed E-state index contributed by atoms with van der Waals surface area (Å²) in [5, 5.41) is 2.11. The minimum absolute atomic E-state index is 0.186. The molecule has 0 radical (unpaired) electrons. The Morgan fingerprint density at radius 2 is 1.75 bits per heavy atom. The van der Waals surface area contributed by atoms with Crippen LogP contribution in [0.4, 0.5) is 0 Å². The van der Waals surface area contributed by atoms with Crippen molar-refractivity contribution in [2.45, 2.75) is 20.3 Å². The molecule has 122 valence electrons. The van der Waals surface area contributed by atoms with E-state index in [1.807, 2.05) is 42.5 Å². The third-order valence-electron chi connectivity index (χ3n) is 3.83. The van der Waals surface area contributed by atoms with Gasteiger partial charge in [-0.15, -0.1) is 0 Å². The Kier molecular flexibility index (Phi) is 4.33. The number of hydrogen-bond acceptors (Lipinski definition) is 3. The number of amides is 2. The van der Waals surface area contributed by atoms with E-state index in [1.165, 1.54) is 0 Å². The van der Waals surface area contributed by atoms with Gasteiger partial charge in [0, 0.05) is 0 Å². The van der Waals surface area contributed by atoms with Crippen molar-refractivity contribution in [3.05, 3.63) is 71.2 Å². The Hall–Kier alpha value is -3.08. The Morgan fingerprint density at radius 3 is 2.50 bits per heavy atom. The van der Waals surface area contributed by atoms with Crippen molar-refractivity contribution in [2.75, 3.05) is 0 Å². The van der Waals surface area contributed by atoms with Gasteiger partial charge in [-0.1, -0.05) is 42.5 Å². The lowest BCUT2D eigenvalue weighted by molar-refractivity contribution is -0.121. The highest BCUT2D eigenvalue weighted by Crippen LogP contribution is 2.18. The van der Waals surface area contributed by atoms with Gasteiger partial charge in [0.2, 0.25) is 5.91 Å². The summed E-state index contributed by atoms with van der Waals surface area (Å²) in [5.74, 6) is 0.501. The molecule has 5 heteroatoms. The minimum Gasteiger partial charge on any atom is -0.466 e. The van der Waals surface area contributed by atoms with E-state index >= 15 is 0 Å². The third kappa shape index (κ3) is 3.30. The second kappa shape index (κ2) is 6.58. The molecule has 0 atom stereocenters. The van der Waals surface area contributed by atoms with Crippen LogP contribution in [0.1, 0.15) is 27.4 Å². The third-order valence-corrected chi connectivity index (χ3v) is 3.83. The molecule has 1 heterocycles. The predicted octanol–water partition coefficient (Wildman–Crippen LogP) is 3.05. The topological polar surface area (TPSA) is 71.3 Å². The molecule has 3 rings (SSSR count). The maximum Gasteiger partial charge on any atom is 0.273 e. The smallest absolute Gasteiger partial charge is 0.273 e. The Bertz CT molecular complexity index is 907. The highest BCUT2D eigenvalue weighted by Gasteiger charge is 2.14. The number of hydrazine groups is 1. The number of rotatable bonds is 3. The molecule has 5 nitrogen and oxygen atoms in total. The molecule has 0 saturated carbocycles. The van der Waals surface area contributed by atoms with Crippen molar-refractivity contribution >= 4 is 22.6 Å². The van der Waals surface area contributed by atoms with Gasteiger partial charge in [-0.2, -0.15) is 0 Å². The Balaban J connectivity index is 1.65. The van der Waals surface area contributed by atoms with Crippen molar-refractivity contribution in [1.82, 2.24) is 10.9 Å². The van der Waals surface area contributed by atoms with E-state index in [9.17, 15) is 9.59 Å². The van der Waals surface area contributed by atoms with Gasteiger partial charge in [0.25, 0.3) is 5.91 Å². The highest BCUT2D eigenvalue weighted by atomic mass is 16.3. The van der Waals surface area contributed by atoms with Crippen molar-refractivity contribution < 1.29 is 14.0 Å². The largest absolute Gasteiger partial charge is 0.466 e. The number of carbonyl (C=O) groups is 2. The molecule has 0 bridgehead atoms. The van der Waals surface area contributed by atoms with E-state index in [1.54, 1.807) is 19.9 Å². The van der Waals surface area contributed by atoms with Gasteiger partial charge in [-0.3, -0.25) is 20.4 Å². The van der Waals surface area contributed by atoms with Crippen LogP contribution in [-0.4, -0.2) is 11.8 Å². The van der Waals surface area contributed by atoms with Gasteiger partial charge in [0.15, 0.2) is 0 Å². The summed E-state index contributed by atoms with van der Waals surface area (Å²) in [6, 6.07) is 15.4. The molecular formula is C19H18N2O3. The zero-order valence-electron chi connectivity index (χ0n) is 13.6. The van der Waals surface area contributed by atoms with Crippen LogP contribution < -0.4 is 10.9 Å². The molecule has 1 aromatic heterocycles. The minimum atomic E-state index is -0.393. The first-order valence-corrected chi connectivity index (χ1v) is 7.67. The molecule has 2 aromatic carbocycles. The van der Waals surface area contributed by atoms with Crippen LogP contribution in [0, 0.1) is 13.8 Å². The van der Waals surface area contributed by atoms with Gasteiger partial charge in [-0.25, -0.2) is 0 Å². The lowest BCUT2D eigenvalue weighted by Crippen LogP contribution is -2.42. The highest BCUT2D eigenvalue weighted by molar-refractivity contribution is 5.97. The normalized spacial score (nSPS) is 10.6. The van der Waals surface area contributed by atoms with E-state index in [-0.39, 0.29) is 12.3 Å². The van der Waals surface area contributed by atoms with Crippen LogP contribution in [0.5, 0.6) is 0 Å². The predicted molar refractivity (Wildman–Crippen MR) is 91.4 cm³/mol. The van der Waals surface area contributed by atoms with Crippen LogP contribution in [-0.2, 0) is 11.2 Å². The molecule has 0 saturated heterocycles. The zero-order chi connectivity index (χ0) is 17.1. The van der Waals surface area contributed by atoms with Crippen LogP contribution >= 0.6 is 0 Å². The van der Waals surface area contributed by atoms with E-state index in [4.69, 9.17) is 4.42 Å². The summed E-state index contributed by atoms with van der Waals surface area (Å²) in [6.07, 6.45) is 0.186. The number of carbonyl (C=O) groups excluding carboxylic acids is 2. The molecule has 0 aliphatic rings. The van der Waals surface area contributed by atoms with Crippen LogP contribution in [0.3, 0.4) is 0 Å². The first-order valence-electron chi connectivity index (χ1n) is 7.67. The maximum atomic E-state index is 12.1. The second-order valence-corrected chi connectivity index (χ2v) is 5.64. The quantitative estimate of drug-likeness (QED) is 0.728. The molecule has 0 fully saturated rings. The lowest BCUT2D eigenvalue weighted by Gasteiger charge is -2.09. The number of furan rings is 1. The summed E-state index contributed by atoms with van der Waals surface area (Å²) < 4.78 is 5.31.